The lowest BCUT2D eigenvalue weighted by atomic mass is 9.87. The molecule has 1 nitrogen and oxygen atoms in total. The maximum atomic E-state index is 3.45. The van der Waals surface area contributed by atoms with Gasteiger partial charge in [0.25, 0.3) is 0 Å². The van der Waals surface area contributed by atoms with E-state index in [4.69, 9.17) is 0 Å². The summed E-state index contributed by atoms with van der Waals surface area (Å²) in [7, 11) is 0. The molecule has 1 N–H and O–H groups in total. The van der Waals surface area contributed by atoms with E-state index >= 15 is 0 Å². The predicted molar refractivity (Wildman–Crippen MR) is 75.1 cm³/mol. The van der Waals surface area contributed by atoms with E-state index in [-0.39, 0.29) is 0 Å². The molecule has 1 fully saturated rings. The van der Waals surface area contributed by atoms with E-state index in [0.717, 1.165) is 24.9 Å². The molecule has 0 radical (unpaired) electrons. The monoisotopic (exact) mass is 229 g/mol. The number of allylic oxidation sites excluding steroid dienone is 1. The molecule has 0 saturated carbocycles. The van der Waals surface area contributed by atoms with Crippen LogP contribution < -0.4 is 5.32 Å². The molecule has 1 saturated heterocycles. The summed E-state index contributed by atoms with van der Waals surface area (Å²) in [4.78, 5) is 0. The molecular weight excluding hydrogens is 206 g/mol. The molecule has 0 bridgehead atoms. The van der Waals surface area contributed by atoms with Gasteiger partial charge in [0.15, 0.2) is 0 Å². The Hall–Kier alpha value is -1.08. The van der Waals surface area contributed by atoms with Crippen molar-refractivity contribution in [1.82, 2.24) is 5.32 Å². The topological polar surface area (TPSA) is 12.0 Å². The van der Waals surface area contributed by atoms with Crippen molar-refractivity contribution in [1.29, 1.82) is 0 Å². The van der Waals surface area contributed by atoms with E-state index in [1.54, 1.807) is 0 Å². The summed E-state index contributed by atoms with van der Waals surface area (Å²) in [5, 5.41) is 3.45. The van der Waals surface area contributed by atoms with Crippen LogP contribution in [-0.4, -0.2) is 13.1 Å². The Morgan fingerprint density at radius 2 is 1.94 bits per heavy atom. The van der Waals surface area contributed by atoms with Crippen LogP contribution in [-0.2, 0) is 0 Å². The van der Waals surface area contributed by atoms with Gasteiger partial charge < -0.3 is 5.32 Å². The van der Waals surface area contributed by atoms with Crippen LogP contribution in [0.1, 0.15) is 30.0 Å². The molecule has 0 aliphatic carbocycles. The van der Waals surface area contributed by atoms with Gasteiger partial charge in [0.05, 0.1) is 0 Å². The van der Waals surface area contributed by atoms with Gasteiger partial charge in [-0.1, -0.05) is 37.3 Å². The lowest BCUT2D eigenvalue weighted by Gasteiger charge is -2.27. The molecule has 17 heavy (non-hydrogen) atoms. The Kier molecular flexibility index (Phi) is 4.01. The minimum absolute atomic E-state index is 0.732. The summed E-state index contributed by atoms with van der Waals surface area (Å²) in [5.41, 5.74) is 4.16. The first-order valence-electron chi connectivity index (χ1n) is 6.63. The average molecular weight is 229 g/mol. The minimum Gasteiger partial charge on any atom is -0.316 e. The number of piperidine rings is 1. The molecule has 0 unspecified atom stereocenters. The summed E-state index contributed by atoms with van der Waals surface area (Å²) < 4.78 is 0. The van der Waals surface area contributed by atoms with Crippen LogP contribution >= 0.6 is 0 Å². The zero-order valence-electron chi connectivity index (χ0n) is 11.2. The molecule has 1 heteroatoms. The Morgan fingerprint density at radius 1 is 1.24 bits per heavy atom. The fraction of sp³-hybridized carbons (Fsp3) is 0.500. The number of rotatable bonds is 2. The number of nitrogens with one attached hydrogen (secondary N) is 1. The summed E-state index contributed by atoms with van der Waals surface area (Å²) >= 11 is 0. The van der Waals surface area contributed by atoms with E-state index in [0.29, 0.717) is 0 Å². The van der Waals surface area contributed by atoms with Gasteiger partial charge in [-0.3, -0.25) is 0 Å². The lowest BCUT2D eigenvalue weighted by molar-refractivity contribution is 0.326. The molecule has 1 heterocycles. The van der Waals surface area contributed by atoms with Gasteiger partial charge >= 0.3 is 0 Å². The third kappa shape index (κ3) is 2.98. The fourth-order valence-corrected chi connectivity index (χ4v) is 2.63. The van der Waals surface area contributed by atoms with Gasteiger partial charge in [0.2, 0.25) is 0 Å². The fourth-order valence-electron chi connectivity index (χ4n) is 2.63. The number of benzene rings is 1. The van der Waals surface area contributed by atoms with Crippen LogP contribution in [0.3, 0.4) is 0 Å². The average Bonchev–Trinajstić information content (AvgIpc) is 2.30. The third-order valence-corrected chi connectivity index (χ3v) is 3.90. The van der Waals surface area contributed by atoms with Crippen molar-refractivity contribution >= 4 is 6.08 Å². The van der Waals surface area contributed by atoms with Gasteiger partial charge in [-0.15, -0.1) is 0 Å². The Balaban J connectivity index is 2.14. The van der Waals surface area contributed by atoms with Gasteiger partial charge in [-0.25, -0.2) is 0 Å². The molecule has 1 aromatic rings. The minimum atomic E-state index is 0.732. The maximum absolute atomic E-state index is 3.45. The normalized spacial score (nSPS) is 25.4. The number of hydrogen-bond acceptors (Lipinski definition) is 1. The smallest absolute Gasteiger partial charge is 0.00175 e. The Labute approximate surface area is 105 Å². The standard InChI is InChI=1S/C16H23N/c1-12-5-4-6-13(2)16(12)8-7-15-9-10-17-11-14(15)3/h4-8,14-15,17H,9-11H2,1-3H3/b8-7+/t14-,15-/m0/s1. The van der Waals surface area contributed by atoms with Gasteiger partial charge in [-0.2, -0.15) is 0 Å². The summed E-state index contributed by atoms with van der Waals surface area (Å²) in [6.45, 7) is 9.04. The number of aryl methyl sites for hydroxylation is 2. The largest absolute Gasteiger partial charge is 0.316 e. The maximum Gasteiger partial charge on any atom is -0.00175 e. The molecule has 2 rings (SSSR count). The second kappa shape index (κ2) is 5.50. The van der Waals surface area contributed by atoms with Crippen molar-refractivity contribution in [3.63, 3.8) is 0 Å². The zero-order valence-corrected chi connectivity index (χ0v) is 11.2. The summed E-state index contributed by atoms with van der Waals surface area (Å²) in [6.07, 6.45) is 6.01. The van der Waals surface area contributed by atoms with Crippen molar-refractivity contribution in [3.8, 4) is 0 Å². The van der Waals surface area contributed by atoms with Gasteiger partial charge in [-0.05, 0) is 61.9 Å². The van der Waals surface area contributed by atoms with Crippen LogP contribution in [0.15, 0.2) is 24.3 Å². The highest BCUT2D eigenvalue weighted by Crippen LogP contribution is 2.23. The van der Waals surface area contributed by atoms with Crippen LogP contribution in [0, 0.1) is 25.7 Å². The van der Waals surface area contributed by atoms with Crippen molar-refractivity contribution in [3.05, 3.63) is 41.0 Å². The van der Waals surface area contributed by atoms with Crippen LogP contribution in [0.4, 0.5) is 0 Å². The molecule has 0 spiro atoms. The van der Waals surface area contributed by atoms with Gasteiger partial charge in [0.1, 0.15) is 0 Å². The molecule has 1 aliphatic heterocycles. The van der Waals surface area contributed by atoms with E-state index in [1.165, 1.54) is 23.1 Å². The second-order valence-corrected chi connectivity index (χ2v) is 5.30. The van der Waals surface area contributed by atoms with E-state index < -0.39 is 0 Å². The van der Waals surface area contributed by atoms with E-state index in [1.807, 2.05) is 0 Å². The third-order valence-electron chi connectivity index (χ3n) is 3.90. The van der Waals surface area contributed by atoms with Crippen LogP contribution in [0.5, 0.6) is 0 Å². The summed E-state index contributed by atoms with van der Waals surface area (Å²) in [6, 6.07) is 6.52. The number of hydrogen-bond donors (Lipinski definition) is 1. The van der Waals surface area contributed by atoms with Gasteiger partial charge in [0, 0.05) is 0 Å². The second-order valence-electron chi connectivity index (χ2n) is 5.30. The molecule has 0 amide bonds. The summed E-state index contributed by atoms with van der Waals surface area (Å²) in [5.74, 6) is 1.49. The molecule has 1 aliphatic rings. The highest BCUT2D eigenvalue weighted by molar-refractivity contribution is 5.57. The molecule has 0 aromatic heterocycles. The van der Waals surface area contributed by atoms with E-state index in [9.17, 15) is 0 Å². The predicted octanol–water partition coefficient (Wildman–Crippen LogP) is 3.56. The first-order chi connectivity index (χ1) is 8.18. The molecular formula is C16H23N. The Morgan fingerprint density at radius 3 is 2.59 bits per heavy atom. The van der Waals surface area contributed by atoms with Crippen LogP contribution in [0.2, 0.25) is 0 Å². The SMILES string of the molecule is Cc1cccc(C)c1/C=C/[C@H]1CCNC[C@@H]1C. The van der Waals surface area contributed by atoms with Crippen molar-refractivity contribution in [2.75, 3.05) is 13.1 Å². The zero-order chi connectivity index (χ0) is 12.3. The highest BCUT2D eigenvalue weighted by Gasteiger charge is 2.18. The lowest BCUT2D eigenvalue weighted by Crippen LogP contribution is -2.34. The van der Waals surface area contributed by atoms with Crippen molar-refractivity contribution < 1.29 is 0 Å². The Bertz CT molecular complexity index is 386. The molecule has 2 atom stereocenters. The van der Waals surface area contributed by atoms with Crippen molar-refractivity contribution in [2.24, 2.45) is 11.8 Å². The molecule has 92 valence electrons. The quantitative estimate of drug-likeness (QED) is 0.817. The first kappa shape index (κ1) is 12.4. The molecule has 1 aromatic carbocycles. The van der Waals surface area contributed by atoms with Crippen molar-refractivity contribution in [2.45, 2.75) is 27.2 Å². The van der Waals surface area contributed by atoms with Crippen LogP contribution in [0.25, 0.3) is 6.08 Å². The van der Waals surface area contributed by atoms with E-state index in [2.05, 4.69) is 56.4 Å². The highest BCUT2D eigenvalue weighted by atomic mass is 14.9. The first-order valence-corrected chi connectivity index (χ1v) is 6.63.